The zero-order valence-electron chi connectivity index (χ0n) is 18.2. The van der Waals surface area contributed by atoms with Crippen molar-refractivity contribution in [1.82, 2.24) is 34.6 Å². The van der Waals surface area contributed by atoms with Crippen LogP contribution < -0.4 is 0 Å². The number of nitrogens with zero attached hydrogens (tertiary/aromatic N) is 7. The van der Waals surface area contributed by atoms with Gasteiger partial charge in [0.05, 0.1) is 29.7 Å². The molecule has 10 nitrogen and oxygen atoms in total. The molecule has 0 aliphatic heterocycles. The number of methoxy groups -OCH3 is 2. The molecule has 4 heterocycles. The van der Waals surface area contributed by atoms with E-state index in [1.165, 1.54) is 17.2 Å². The number of ketones is 1. The molecule has 0 saturated carbocycles. The summed E-state index contributed by atoms with van der Waals surface area (Å²) in [5.74, 6) is 0.329. The largest absolute Gasteiger partial charge is 0.381 e. The van der Waals surface area contributed by atoms with Crippen molar-refractivity contribution in [3.05, 3.63) is 63.9 Å². The molecule has 0 amide bonds. The average molecular weight is 490 g/mol. The summed E-state index contributed by atoms with van der Waals surface area (Å²) in [4.78, 5) is 23.0. The first-order valence-corrected chi connectivity index (χ1v) is 10.7. The number of halogens is 2. The molecule has 172 valence electrons. The lowest BCUT2D eigenvalue weighted by molar-refractivity contribution is -0.117. The zero-order chi connectivity index (χ0) is 23.6. The number of pyridine rings is 1. The van der Waals surface area contributed by atoms with Crippen LogP contribution in [0, 0.1) is 0 Å². The van der Waals surface area contributed by atoms with Gasteiger partial charge in [-0.25, -0.2) is 14.5 Å². The molecule has 33 heavy (non-hydrogen) atoms. The Morgan fingerprint density at radius 1 is 1.09 bits per heavy atom. The molecule has 0 radical (unpaired) electrons. The number of ether oxygens (including phenoxy) is 2. The van der Waals surface area contributed by atoms with Crippen molar-refractivity contribution in [3.63, 3.8) is 0 Å². The predicted molar refractivity (Wildman–Crippen MR) is 121 cm³/mol. The summed E-state index contributed by atoms with van der Waals surface area (Å²) in [5.41, 5.74) is 1.64. The van der Waals surface area contributed by atoms with Crippen molar-refractivity contribution in [2.45, 2.75) is 25.4 Å². The van der Waals surface area contributed by atoms with Gasteiger partial charge in [-0.2, -0.15) is 15.3 Å². The van der Waals surface area contributed by atoms with Crippen LogP contribution in [0.15, 0.2) is 36.9 Å². The van der Waals surface area contributed by atoms with E-state index in [-0.39, 0.29) is 30.4 Å². The van der Waals surface area contributed by atoms with Crippen LogP contribution in [-0.2, 0) is 32.7 Å². The lowest BCUT2D eigenvalue weighted by Crippen LogP contribution is -2.34. The Hall–Kier alpha value is -2.92. The maximum absolute atomic E-state index is 13.0. The first-order chi connectivity index (χ1) is 15.8. The molecule has 0 aliphatic carbocycles. The van der Waals surface area contributed by atoms with E-state index >= 15 is 0 Å². The SMILES string of the molecule is COCC(C)(OC)c1c(CC(=O)Cc2cnc(-n3nccn3)c(Cl)c2)cnc2cc(Cl)nn12. The maximum atomic E-state index is 13.0. The van der Waals surface area contributed by atoms with Gasteiger partial charge in [-0.05, 0) is 18.6 Å². The summed E-state index contributed by atoms with van der Waals surface area (Å²) in [6.07, 6.45) is 6.51. The molecule has 0 aliphatic rings. The first kappa shape index (κ1) is 23.2. The first-order valence-electron chi connectivity index (χ1n) is 9.95. The second kappa shape index (κ2) is 9.52. The highest BCUT2D eigenvalue weighted by atomic mass is 35.5. The van der Waals surface area contributed by atoms with Crippen LogP contribution in [0.25, 0.3) is 11.5 Å². The molecule has 0 N–H and O–H groups in total. The Kier molecular flexibility index (Phi) is 6.71. The summed E-state index contributed by atoms with van der Waals surface area (Å²) in [6.45, 7) is 2.10. The van der Waals surface area contributed by atoms with Gasteiger partial charge in [-0.3, -0.25) is 4.79 Å². The fraction of sp³-hybridized carbons (Fsp3) is 0.333. The van der Waals surface area contributed by atoms with Crippen molar-refractivity contribution in [2.24, 2.45) is 0 Å². The molecular weight excluding hydrogens is 469 g/mol. The third-order valence-electron chi connectivity index (χ3n) is 5.18. The molecule has 0 aromatic carbocycles. The van der Waals surface area contributed by atoms with Crippen LogP contribution in [0.1, 0.15) is 23.7 Å². The number of hydrogen-bond acceptors (Lipinski definition) is 8. The third-order valence-corrected chi connectivity index (χ3v) is 5.64. The number of hydrogen-bond donors (Lipinski definition) is 0. The van der Waals surface area contributed by atoms with Gasteiger partial charge in [0.25, 0.3) is 0 Å². The topological polar surface area (TPSA) is 109 Å². The van der Waals surface area contributed by atoms with Gasteiger partial charge >= 0.3 is 0 Å². The molecule has 0 fully saturated rings. The summed E-state index contributed by atoms with van der Waals surface area (Å²) in [7, 11) is 3.15. The molecule has 1 atom stereocenters. The van der Waals surface area contributed by atoms with Crippen molar-refractivity contribution >= 4 is 34.6 Å². The smallest absolute Gasteiger partial charge is 0.193 e. The Balaban J connectivity index is 1.63. The number of fused-ring (bicyclic) bond motifs is 1. The number of rotatable bonds is 9. The predicted octanol–water partition coefficient (Wildman–Crippen LogP) is 2.87. The van der Waals surface area contributed by atoms with Crippen molar-refractivity contribution in [2.75, 3.05) is 20.8 Å². The lowest BCUT2D eigenvalue weighted by Gasteiger charge is -2.30. The molecule has 1 unspecified atom stereocenters. The molecule has 0 bridgehead atoms. The van der Waals surface area contributed by atoms with Crippen LogP contribution in [0.5, 0.6) is 0 Å². The highest BCUT2D eigenvalue weighted by Crippen LogP contribution is 2.30. The highest BCUT2D eigenvalue weighted by Gasteiger charge is 2.33. The minimum absolute atomic E-state index is 0.0608. The van der Waals surface area contributed by atoms with Gasteiger partial charge in [0.1, 0.15) is 11.4 Å². The molecule has 0 spiro atoms. The Morgan fingerprint density at radius 2 is 1.85 bits per heavy atom. The normalized spacial score (nSPS) is 13.4. The molecule has 12 heteroatoms. The minimum Gasteiger partial charge on any atom is -0.381 e. The van der Waals surface area contributed by atoms with Crippen molar-refractivity contribution in [1.29, 1.82) is 0 Å². The van der Waals surface area contributed by atoms with E-state index in [2.05, 4.69) is 25.3 Å². The van der Waals surface area contributed by atoms with Crippen LogP contribution >= 0.6 is 23.2 Å². The van der Waals surface area contributed by atoms with E-state index in [0.29, 0.717) is 33.3 Å². The van der Waals surface area contributed by atoms with Gasteiger partial charge < -0.3 is 9.47 Å². The van der Waals surface area contributed by atoms with E-state index in [1.54, 1.807) is 43.3 Å². The standard InChI is InChI=1S/C21H21Cl2N7O3/c1-21(33-3,12-32-2)19-14(11-24-18-9-17(23)28-29(18)19)8-15(31)6-13-7-16(22)20(25-10-13)30-26-4-5-27-30/h4-5,7,9-11H,6,8,12H2,1-3H3. The van der Waals surface area contributed by atoms with Gasteiger partial charge in [0, 0.05) is 51.1 Å². The van der Waals surface area contributed by atoms with Crippen molar-refractivity contribution < 1.29 is 14.3 Å². The highest BCUT2D eigenvalue weighted by molar-refractivity contribution is 6.32. The number of carbonyl (C=O) groups excluding carboxylic acids is 1. The Bertz CT molecular complexity index is 1290. The Labute approximate surface area is 199 Å². The average Bonchev–Trinajstić information content (AvgIpc) is 3.42. The number of carbonyl (C=O) groups is 1. The number of Topliss-reactive ketones (excluding diaryl/α,β-unsaturated/α-hetero) is 1. The summed E-state index contributed by atoms with van der Waals surface area (Å²) in [6, 6.07) is 3.33. The summed E-state index contributed by atoms with van der Waals surface area (Å²) < 4.78 is 12.8. The van der Waals surface area contributed by atoms with Crippen molar-refractivity contribution in [3.8, 4) is 5.82 Å². The lowest BCUT2D eigenvalue weighted by atomic mass is 9.94. The second-order valence-electron chi connectivity index (χ2n) is 7.60. The quantitative estimate of drug-likeness (QED) is 0.353. The summed E-state index contributed by atoms with van der Waals surface area (Å²) >= 11 is 12.4. The van der Waals surface area contributed by atoms with E-state index in [0.717, 1.165) is 0 Å². The number of aromatic nitrogens is 7. The summed E-state index contributed by atoms with van der Waals surface area (Å²) in [5, 5.41) is 13.0. The molecular formula is C21H21Cl2N7O3. The van der Waals surface area contributed by atoms with Gasteiger partial charge in [-0.1, -0.05) is 23.2 Å². The Morgan fingerprint density at radius 3 is 2.52 bits per heavy atom. The molecule has 4 aromatic rings. The van der Waals surface area contributed by atoms with Gasteiger partial charge in [0.15, 0.2) is 16.6 Å². The van der Waals surface area contributed by atoms with Crippen LogP contribution in [-0.4, -0.2) is 61.2 Å². The van der Waals surface area contributed by atoms with Crippen LogP contribution in [0.2, 0.25) is 10.2 Å². The third kappa shape index (κ3) is 4.74. The minimum atomic E-state index is -0.885. The van der Waals surface area contributed by atoms with Crippen LogP contribution in [0.3, 0.4) is 0 Å². The zero-order valence-corrected chi connectivity index (χ0v) is 19.7. The monoisotopic (exact) mass is 489 g/mol. The molecule has 0 saturated heterocycles. The van der Waals surface area contributed by atoms with E-state index < -0.39 is 5.60 Å². The van der Waals surface area contributed by atoms with Gasteiger partial charge in [-0.15, -0.1) is 4.80 Å². The van der Waals surface area contributed by atoms with E-state index in [4.69, 9.17) is 32.7 Å². The maximum Gasteiger partial charge on any atom is 0.193 e. The van der Waals surface area contributed by atoms with E-state index in [9.17, 15) is 4.79 Å². The fourth-order valence-electron chi connectivity index (χ4n) is 3.68. The van der Waals surface area contributed by atoms with E-state index in [1.807, 2.05) is 6.92 Å². The fourth-order valence-corrected chi connectivity index (χ4v) is 4.11. The molecule has 4 rings (SSSR count). The molecule has 4 aromatic heterocycles. The second-order valence-corrected chi connectivity index (χ2v) is 8.39. The van der Waals surface area contributed by atoms with Crippen LogP contribution in [0.4, 0.5) is 0 Å². The van der Waals surface area contributed by atoms with Gasteiger partial charge in [0.2, 0.25) is 0 Å².